The van der Waals surface area contributed by atoms with Crippen molar-refractivity contribution in [1.29, 1.82) is 0 Å². The lowest BCUT2D eigenvalue weighted by Gasteiger charge is -2.09. The zero-order chi connectivity index (χ0) is 20.6. The van der Waals surface area contributed by atoms with Gasteiger partial charge in [0.25, 0.3) is 5.56 Å². The average molecular weight is 393 g/mol. The van der Waals surface area contributed by atoms with Gasteiger partial charge in [-0.2, -0.15) is 0 Å². The summed E-state index contributed by atoms with van der Waals surface area (Å²) in [4.78, 5) is 28.8. The fourth-order valence-corrected chi connectivity index (χ4v) is 2.85. The quantitative estimate of drug-likeness (QED) is 0.635. The summed E-state index contributed by atoms with van der Waals surface area (Å²) < 4.78 is 11.6. The summed E-state index contributed by atoms with van der Waals surface area (Å²) in [5.74, 6) is 1.27. The van der Waals surface area contributed by atoms with Crippen LogP contribution >= 0.6 is 0 Å². The molecule has 0 saturated heterocycles. The summed E-state index contributed by atoms with van der Waals surface area (Å²) in [6.45, 7) is 0.394. The first-order valence-corrected chi connectivity index (χ1v) is 9.19. The predicted molar refractivity (Wildman–Crippen MR) is 110 cm³/mol. The number of carbonyl (C=O) groups excluding carboxylic acids is 1. The van der Waals surface area contributed by atoms with Gasteiger partial charge in [-0.25, -0.2) is 4.98 Å². The highest BCUT2D eigenvalue weighted by Gasteiger charge is 2.07. The molecule has 0 bridgehead atoms. The molecule has 0 radical (unpaired) electrons. The molecule has 0 spiro atoms. The minimum Gasteiger partial charge on any atom is -0.497 e. The molecule has 0 saturated carbocycles. The van der Waals surface area contributed by atoms with Crippen LogP contribution in [0.25, 0.3) is 11.3 Å². The van der Waals surface area contributed by atoms with Crippen LogP contribution in [0.1, 0.15) is 5.56 Å². The molecule has 29 heavy (non-hydrogen) atoms. The van der Waals surface area contributed by atoms with E-state index in [1.165, 1.54) is 17.0 Å². The van der Waals surface area contributed by atoms with Gasteiger partial charge in [0.05, 0.1) is 26.2 Å². The Morgan fingerprint density at radius 1 is 1.03 bits per heavy atom. The fraction of sp³-hybridized carbons (Fsp3) is 0.227. The van der Waals surface area contributed by atoms with Crippen LogP contribution in [0.2, 0.25) is 0 Å². The molecule has 1 N–H and O–H groups in total. The molecule has 7 heteroatoms. The SMILES string of the molecule is COc1ccc(-c2cc(=O)n(CC(=O)NCCc3cccc(OC)c3)cn2)cc1. The Morgan fingerprint density at radius 2 is 1.79 bits per heavy atom. The first-order chi connectivity index (χ1) is 14.1. The summed E-state index contributed by atoms with van der Waals surface area (Å²) in [5.41, 5.74) is 2.13. The van der Waals surface area contributed by atoms with Crippen LogP contribution in [0, 0.1) is 0 Å². The van der Waals surface area contributed by atoms with Crippen LogP contribution in [-0.4, -0.2) is 36.2 Å². The second-order valence-corrected chi connectivity index (χ2v) is 6.42. The maximum absolute atomic E-state index is 12.3. The maximum Gasteiger partial charge on any atom is 0.254 e. The summed E-state index contributed by atoms with van der Waals surface area (Å²) in [6.07, 6.45) is 2.07. The largest absolute Gasteiger partial charge is 0.497 e. The second kappa shape index (κ2) is 9.54. The monoisotopic (exact) mass is 393 g/mol. The fourth-order valence-electron chi connectivity index (χ4n) is 2.85. The molecule has 1 heterocycles. The number of nitrogens with zero attached hydrogens (tertiary/aromatic N) is 2. The number of benzene rings is 2. The molecule has 0 aliphatic heterocycles. The molecule has 1 amide bonds. The Bertz CT molecular complexity index is 1030. The van der Waals surface area contributed by atoms with Gasteiger partial charge in [-0.1, -0.05) is 12.1 Å². The highest BCUT2D eigenvalue weighted by Crippen LogP contribution is 2.19. The van der Waals surface area contributed by atoms with Crippen molar-refractivity contribution >= 4 is 5.91 Å². The van der Waals surface area contributed by atoms with Gasteiger partial charge >= 0.3 is 0 Å². The van der Waals surface area contributed by atoms with Crippen LogP contribution in [0.4, 0.5) is 0 Å². The van der Waals surface area contributed by atoms with E-state index in [9.17, 15) is 9.59 Å². The smallest absolute Gasteiger partial charge is 0.254 e. The number of amides is 1. The highest BCUT2D eigenvalue weighted by atomic mass is 16.5. The zero-order valence-electron chi connectivity index (χ0n) is 16.4. The summed E-state index contributed by atoms with van der Waals surface area (Å²) >= 11 is 0. The molecular formula is C22H23N3O4. The van der Waals surface area contributed by atoms with Gasteiger partial charge in [0.1, 0.15) is 18.0 Å². The summed E-state index contributed by atoms with van der Waals surface area (Å²) in [6, 6.07) is 16.4. The van der Waals surface area contributed by atoms with E-state index in [0.29, 0.717) is 18.7 Å². The highest BCUT2D eigenvalue weighted by molar-refractivity contribution is 5.75. The van der Waals surface area contributed by atoms with E-state index in [-0.39, 0.29) is 18.0 Å². The molecule has 7 nitrogen and oxygen atoms in total. The standard InChI is InChI=1S/C22H23N3O4/c1-28-18-8-6-17(7-9-18)20-13-22(27)25(15-24-20)14-21(26)23-11-10-16-4-3-5-19(12-16)29-2/h3-9,12-13,15H,10-11,14H2,1-2H3,(H,23,26). The van der Waals surface area contributed by atoms with Crippen molar-refractivity contribution in [3.63, 3.8) is 0 Å². The Labute approximate surface area is 168 Å². The molecule has 0 unspecified atom stereocenters. The average Bonchev–Trinajstić information content (AvgIpc) is 2.75. The van der Waals surface area contributed by atoms with Crippen LogP contribution in [0.5, 0.6) is 11.5 Å². The van der Waals surface area contributed by atoms with Crippen molar-refractivity contribution in [1.82, 2.24) is 14.9 Å². The van der Waals surface area contributed by atoms with Gasteiger partial charge in [-0.05, 0) is 48.4 Å². The topological polar surface area (TPSA) is 82.5 Å². The lowest BCUT2D eigenvalue weighted by Crippen LogP contribution is -2.33. The van der Waals surface area contributed by atoms with Gasteiger partial charge in [-0.3, -0.25) is 14.2 Å². The third-order valence-corrected chi connectivity index (χ3v) is 4.45. The minimum absolute atomic E-state index is 0.0766. The lowest BCUT2D eigenvalue weighted by molar-refractivity contribution is -0.121. The minimum atomic E-state index is -0.284. The van der Waals surface area contributed by atoms with Gasteiger partial charge < -0.3 is 14.8 Å². The molecule has 1 aromatic heterocycles. The van der Waals surface area contributed by atoms with E-state index in [2.05, 4.69) is 10.3 Å². The molecule has 150 valence electrons. The first-order valence-electron chi connectivity index (χ1n) is 9.19. The molecule has 0 fully saturated rings. The summed E-state index contributed by atoms with van der Waals surface area (Å²) in [5, 5.41) is 2.82. The van der Waals surface area contributed by atoms with E-state index in [1.54, 1.807) is 26.4 Å². The molecular weight excluding hydrogens is 370 g/mol. The Morgan fingerprint density at radius 3 is 2.48 bits per heavy atom. The number of aromatic nitrogens is 2. The van der Waals surface area contributed by atoms with Crippen molar-refractivity contribution in [3.05, 3.63) is 76.8 Å². The van der Waals surface area contributed by atoms with Crippen LogP contribution in [0.15, 0.2) is 65.7 Å². The van der Waals surface area contributed by atoms with Crippen molar-refractivity contribution in [2.75, 3.05) is 20.8 Å². The van der Waals surface area contributed by atoms with Crippen molar-refractivity contribution in [3.8, 4) is 22.8 Å². The first kappa shape index (κ1) is 20.1. The van der Waals surface area contributed by atoms with Gasteiger partial charge in [0, 0.05) is 18.2 Å². The maximum atomic E-state index is 12.3. The van der Waals surface area contributed by atoms with Crippen LogP contribution in [-0.2, 0) is 17.8 Å². The van der Waals surface area contributed by atoms with E-state index in [1.807, 2.05) is 36.4 Å². The Kier molecular flexibility index (Phi) is 6.63. The molecule has 3 aromatic rings. The number of ether oxygens (including phenoxy) is 2. The molecule has 2 aromatic carbocycles. The van der Waals surface area contributed by atoms with Crippen LogP contribution < -0.4 is 20.3 Å². The third kappa shape index (κ3) is 5.44. The molecule has 3 rings (SSSR count). The van der Waals surface area contributed by atoms with Gasteiger partial charge in [-0.15, -0.1) is 0 Å². The van der Waals surface area contributed by atoms with Crippen molar-refractivity contribution < 1.29 is 14.3 Å². The normalized spacial score (nSPS) is 10.4. The number of methoxy groups -OCH3 is 2. The van der Waals surface area contributed by atoms with E-state index in [4.69, 9.17) is 9.47 Å². The molecule has 0 atom stereocenters. The lowest BCUT2D eigenvalue weighted by atomic mass is 10.1. The van der Waals surface area contributed by atoms with E-state index >= 15 is 0 Å². The van der Waals surface area contributed by atoms with Gasteiger partial charge in [0.2, 0.25) is 5.91 Å². The van der Waals surface area contributed by atoms with Crippen LogP contribution in [0.3, 0.4) is 0 Å². The predicted octanol–water partition coefficient (Wildman–Crippen LogP) is 2.29. The van der Waals surface area contributed by atoms with Crippen molar-refractivity contribution in [2.24, 2.45) is 0 Å². The number of hydrogen-bond donors (Lipinski definition) is 1. The number of hydrogen-bond acceptors (Lipinski definition) is 5. The zero-order valence-corrected chi connectivity index (χ0v) is 16.4. The van der Waals surface area contributed by atoms with E-state index in [0.717, 1.165) is 22.6 Å². The molecule has 0 aliphatic carbocycles. The Balaban J connectivity index is 1.56. The number of carbonyl (C=O) groups is 1. The molecule has 0 aliphatic rings. The second-order valence-electron chi connectivity index (χ2n) is 6.42. The van der Waals surface area contributed by atoms with Crippen molar-refractivity contribution in [2.45, 2.75) is 13.0 Å². The van der Waals surface area contributed by atoms with Gasteiger partial charge in [0.15, 0.2) is 0 Å². The Hall–Kier alpha value is -3.61. The van der Waals surface area contributed by atoms with E-state index < -0.39 is 0 Å². The third-order valence-electron chi connectivity index (χ3n) is 4.45. The number of nitrogens with one attached hydrogen (secondary N) is 1. The number of rotatable bonds is 8. The summed E-state index contributed by atoms with van der Waals surface area (Å²) in [7, 11) is 3.21.